The molecule has 1 saturated heterocycles. The van der Waals surface area contributed by atoms with E-state index in [4.69, 9.17) is 5.11 Å². The average molecular weight is 263 g/mol. The summed E-state index contributed by atoms with van der Waals surface area (Å²) in [4.78, 5) is 17.5. The number of hydrogen-bond acceptors (Lipinski definition) is 4. The molecule has 0 aliphatic carbocycles. The van der Waals surface area contributed by atoms with E-state index in [-0.39, 0.29) is 5.56 Å². The molecule has 1 aliphatic rings. The van der Waals surface area contributed by atoms with Crippen molar-refractivity contribution in [3.8, 4) is 0 Å². The highest BCUT2D eigenvalue weighted by atomic mass is 16.4. The molecule has 1 atom stereocenters. The fraction of sp³-hybridized carbons (Fsp3) is 0.571. The zero-order valence-electron chi connectivity index (χ0n) is 11.3. The Morgan fingerprint density at radius 3 is 2.89 bits per heavy atom. The molecule has 1 aromatic heterocycles. The van der Waals surface area contributed by atoms with Crippen molar-refractivity contribution >= 4 is 11.7 Å². The largest absolute Gasteiger partial charge is 0.478 e. The van der Waals surface area contributed by atoms with Gasteiger partial charge in [0.25, 0.3) is 0 Å². The van der Waals surface area contributed by atoms with Gasteiger partial charge in [-0.2, -0.15) is 0 Å². The minimum atomic E-state index is -0.921. The van der Waals surface area contributed by atoms with Crippen LogP contribution in [-0.2, 0) is 0 Å². The molecule has 0 saturated carbocycles. The summed E-state index contributed by atoms with van der Waals surface area (Å²) in [5.41, 5.74) is 0.875. The lowest BCUT2D eigenvalue weighted by Crippen LogP contribution is -2.41. The quantitative estimate of drug-likeness (QED) is 0.851. The third-order valence-corrected chi connectivity index (χ3v) is 3.65. The summed E-state index contributed by atoms with van der Waals surface area (Å²) in [5.74, 6) is -0.921. The Balaban J connectivity index is 1.92. The number of anilines is 1. The van der Waals surface area contributed by atoms with E-state index in [2.05, 4.69) is 22.1 Å². The molecular weight excluding hydrogens is 242 g/mol. The van der Waals surface area contributed by atoms with E-state index in [1.165, 1.54) is 31.5 Å². The maximum Gasteiger partial charge on any atom is 0.337 e. The molecule has 104 valence electrons. The van der Waals surface area contributed by atoms with E-state index >= 15 is 0 Å². The molecule has 2 rings (SSSR count). The highest BCUT2D eigenvalue weighted by Gasteiger charge is 2.17. The Bertz CT molecular complexity index is 430. The first kappa shape index (κ1) is 13.8. The van der Waals surface area contributed by atoms with Gasteiger partial charge >= 0.3 is 5.97 Å². The van der Waals surface area contributed by atoms with Gasteiger partial charge in [-0.3, -0.25) is 9.88 Å². The number of nitrogens with zero attached hydrogens (tertiary/aromatic N) is 2. The lowest BCUT2D eigenvalue weighted by molar-refractivity contribution is 0.0697. The van der Waals surface area contributed by atoms with Crippen molar-refractivity contribution in [1.29, 1.82) is 0 Å². The molecule has 0 bridgehead atoms. The minimum Gasteiger partial charge on any atom is -0.478 e. The predicted molar refractivity (Wildman–Crippen MR) is 74.6 cm³/mol. The molecule has 0 amide bonds. The van der Waals surface area contributed by atoms with Crippen molar-refractivity contribution in [2.24, 2.45) is 0 Å². The molecule has 0 spiro atoms. The van der Waals surface area contributed by atoms with Crippen LogP contribution >= 0.6 is 0 Å². The fourth-order valence-corrected chi connectivity index (χ4v) is 2.47. The van der Waals surface area contributed by atoms with Crippen molar-refractivity contribution < 1.29 is 9.90 Å². The summed E-state index contributed by atoms with van der Waals surface area (Å²) in [6.45, 7) is 5.20. The van der Waals surface area contributed by atoms with Gasteiger partial charge in [0.15, 0.2) is 0 Å². The molecule has 1 aliphatic heterocycles. The molecule has 1 fully saturated rings. The van der Waals surface area contributed by atoms with Crippen LogP contribution in [0.2, 0.25) is 0 Å². The monoisotopic (exact) mass is 263 g/mol. The molecule has 0 aromatic carbocycles. The van der Waals surface area contributed by atoms with E-state index < -0.39 is 5.97 Å². The third kappa shape index (κ3) is 3.67. The van der Waals surface area contributed by atoms with Crippen molar-refractivity contribution in [1.82, 2.24) is 9.88 Å². The SMILES string of the molecule is CC(CNc1cnccc1C(=O)O)N1CCCCC1. The molecule has 1 unspecified atom stereocenters. The fourth-order valence-electron chi connectivity index (χ4n) is 2.47. The number of hydrogen-bond donors (Lipinski definition) is 2. The number of piperidine rings is 1. The Labute approximate surface area is 113 Å². The first-order chi connectivity index (χ1) is 9.18. The Morgan fingerprint density at radius 1 is 1.47 bits per heavy atom. The van der Waals surface area contributed by atoms with E-state index in [0.29, 0.717) is 11.7 Å². The Hall–Kier alpha value is -1.62. The summed E-state index contributed by atoms with van der Waals surface area (Å²) in [6, 6.07) is 1.93. The van der Waals surface area contributed by atoms with Crippen LogP contribution in [0, 0.1) is 0 Å². The van der Waals surface area contributed by atoms with Crippen molar-refractivity contribution in [2.75, 3.05) is 25.0 Å². The number of likely N-dealkylation sites (tertiary alicyclic amines) is 1. The van der Waals surface area contributed by atoms with Crippen LogP contribution in [0.25, 0.3) is 0 Å². The highest BCUT2D eigenvalue weighted by molar-refractivity contribution is 5.93. The number of aromatic carboxylic acids is 1. The van der Waals surface area contributed by atoms with Crippen molar-refractivity contribution in [2.45, 2.75) is 32.2 Å². The molecule has 1 aromatic rings. The number of pyridine rings is 1. The second-order valence-electron chi connectivity index (χ2n) is 5.05. The standard InChI is InChI=1S/C14H21N3O2/c1-11(17-7-3-2-4-8-17)9-16-13-10-15-6-5-12(13)14(18)19/h5-6,10-11,16H,2-4,7-9H2,1H3,(H,18,19). The summed E-state index contributed by atoms with van der Waals surface area (Å²) in [6.07, 6.45) is 6.92. The third-order valence-electron chi connectivity index (χ3n) is 3.65. The van der Waals surface area contributed by atoms with Gasteiger partial charge in [-0.15, -0.1) is 0 Å². The zero-order chi connectivity index (χ0) is 13.7. The molecular formula is C14H21N3O2. The molecule has 5 heteroatoms. The van der Waals surface area contributed by atoms with Crippen LogP contribution in [0.4, 0.5) is 5.69 Å². The van der Waals surface area contributed by atoms with Gasteiger partial charge in [-0.25, -0.2) is 4.79 Å². The Morgan fingerprint density at radius 2 is 2.21 bits per heavy atom. The van der Waals surface area contributed by atoms with Crippen LogP contribution in [0.15, 0.2) is 18.5 Å². The maximum atomic E-state index is 11.1. The van der Waals surface area contributed by atoms with Gasteiger partial charge in [-0.1, -0.05) is 6.42 Å². The lowest BCUT2D eigenvalue weighted by Gasteiger charge is -2.32. The Kier molecular flexibility index (Phi) is 4.74. The lowest BCUT2D eigenvalue weighted by atomic mass is 10.1. The normalized spacial score (nSPS) is 17.9. The van der Waals surface area contributed by atoms with Crippen LogP contribution in [0.3, 0.4) is 0 Å². The topological polar surface area (TPSA) is 65.5 Å². The predicted octanol–water partition coefficient (Wildman–Crippen LogP) is 2.07. The second-order valence-corrected chi connectivity index (χ2v) is 5.05. The van der Waals surface area contributed by atoms with Crippen LogP contribution in [-0.4, -0.2) is 46.6 Å². The van der Waals surface area contributed by atoms with E-state index in [9.17, 15) is 4.79 Å². The van der Waals surface area contributed by atoms with Crippen molar-refractivity contribution in [3.05, 3.63) is 24.0 Å². The number of aromatic nitrogens is 1. The van der Waals surface area contributed by atoms with E-state index in [0.717, 1.165) is 19.6 Å². The minimum absolute atomic E-state index is 0.279. The molecule has 2 heterocycles. The smallest absolute Gasteiger partial charge is 0.337 e. The maximum absolute atomic E-state index is 11.1. The number of rotatable bonds is 5. The molecule has 2 N–H and O–H groups in total. The van der Waals surface area contributed by atoms with E-state index in [1.54, 1.807) is 6.20 Å². The van der Waals surface area contributed by atoms with E-state index in [1.807, 2.05) is 0 Å². The highest BCUT2D eigenvalue weighted by Crippen LogP contribution is 2.15. The first-order valence-electron chi connectivity index (χ1n) is 6.83. The van der Waals surface area contributed by atoms with Gasteiger partial charge in [-0.05, 0) is 38.9 Å². The first-order valence-corrected chi connectivity index (χ1v) is 6.83. The number of carbonyl (C=O) groups is 1. The van der Waals surface area contributed by atoms with Crippen LogP contribution in [0.1, 0.15) is 36.5 Å². The van der Waals surface area contributed by atoms with Gasteiger partial charge in [0.05, 0.1) is 17.4 Å². The molecule has 19 heavy (non-hydrogen) atoms. The van der Waals surface area contributed by atoms with Gasteiger partial charge in [0.2, 0.25) is 0 Å². The zero-order valence-corrected chi connectivity index (χ0v) is 11.3. The summed E-state index contributed by atoms with van der Waals surface area (Å²) in [7, 11) is 0. The van der Waals surface area contributed by atoms with Crippen LogP contribution < -0.4 is 5.32 Å². The summed E-state index contributed by atoms with van der Waals surface area (Å²) in [5, 5.41) is 12.3. The van der Waals surface area contributed by atoms with Gasteiger partial charge < -0.3 is 10.4 Å². The van der Waals surface area contributed by atoms with Gasteiger partial charge in [0, 0.05) is 18.8 Å². The average Bonchev–Trinajstić information content (AvgIpc) is 2.46. The molecule has 0 radical (unpaired) electrons. The number of nitrogens with one attached hydrogen (secondary N) is 1. The van der Waals surface area contributed by atoms with Crippen LogP contribution in [0.5, 0.6) is 0 Å². The van der Waals surface area contributed by atoms with Gasteiger partial charge in [0.1, 0.15) is 0 Å². The van der Waals surface area contributed by atoms with Crippen molar-refractivity contribution in [3.63, 3.8) is 0 Å². The second kappa shape index (κ2) is 6.52. The number of carboxylic acids is 1. The number of carboxylic acid groups (broad SMARTS) is 1. The molecule has 5 nitrogen and oxygen atoms in total. The summed E-state index contributed by atoms with van der Waals surface area (Å²) >= 11 is 0. The summed E-state index contributed by atoms with van der Waals surface area (Å²) < 4.78 is 0.